The number of rotatable bonds is 4. The van der Waals surface area contributed by atoms with E-state index in [1.54, 1.807) is 18.3 Å². The summed E-state index contributed by atoms with van der Waals surface area (Å²) in [5.41, 5.74) is 0.953. The Bertz CT molecular complexity index is 541. The zero-order valence-electron chi connectivity index (χ0n) is 10.2. The lowest BCUT2D eigenvalue weighted by Gasteiger charge is -2.09. The molecule has 2 aromatic rings. The molecule has 2 aromatic heterocycles. The molecular weight excluding hydrogens is 230 g/mol. The molecule has 5 heteroatoms. The monoisotopic (exact) mass is 243 g/mol. The van der Waals surface area contributed by atoms with Crippen LogP contribution in [0, 0.1) is 0 Å². The number of pyridine rings is 1. The normalized spacial score (nSPS) is 10.4. The first kappa shape index (κ1) is 12.2. The minimum Gasteiger partial charge on any atom is -0.489 e. The molecule has 18 heavy (non-hydrogen) atoms. The van der Waals surface area contributed by atoms with Gasteiger partial charge in [-0.25, -0.2) is 0 Å². The molecular formula is C13H13N3O2. The van der Waals surface area contributed by atoms with Crippen LogP contribution in [0.3, 0.4) is 0 Å². The summed E-state index contributed by atoms with van der Waals surface area (Å²) < 4.78 is 5.50. The molecule has 0 aliphatic carbocycles. The second kappa shape index (κ2) is 5.35. The number of aromatic nitrogens is 3. The van der Waals surface area contributed by atoms with E-state index in [1.807, 2.05) is 13.8 Å². The van der Waals surface area contributed by atoms with Gasteiger partial charge in [0.2, 0.25) is 0 Å². The van der Waals surface area contributed by atoms with Crippen LogP contribution in [0.4, 0.5) is 0 Å². The van der Waals surface area contributed by atoms with Gasteiger partial charge in [-0.15, -0.1) is 0 Å². The second-order valence-electron chi connectivity index (χ2n) is 4.04. The molecule has 0 N–H and O–H groups in total. The highest BCUT2D eigenvalue weighted by Gasteiger charge is 2.11. The topological polar surface area (TPSA) is 65.0 Å². The molecule has 0 bridgehead atoms. The van der Waals surface area contributed by atoms with Gasteiger partial charge in [-0.2, -0.15) is 10.2 Å². The Morgan fingerprint density at radius 1 is 1.17 bits per heavy atom. The third-order valence-electron chi connectivity index (χ3n) is 2.19. The summed E-state index contributed by atoms with van der Waals surface area (Å²) in [6.07, 6.45) is 6.05. The number of nitrogens with zero attached hydrogens (tertiary/aromatic N) is 3. The zero-order chi connectivity index (χ0) is 13.0. The lowest BCUT2D eigenvalue weighted by molar-refractivity contribution is 0.103. The number of carbonyl (C=O) groups is 1. The summed E-state index contributed by atoms with van der Waals surface area (Å²) in [5, 5.41) is 7.32. The van der Waals surface area contributed by atoms with Gasteiger partial charge in [0.15, 0.2) is 5.78 Å². The van der Waals surface area contributed by atoms with Crippen LogP contribution >= 0.6 is 0 Å². The predicted octanol–water partition coefficient (Wildman–Crippen LogP) is 1.89. The number of ketones is 1. The summed E-state index contributed by atoms with van der Waals surface area (Å²) in [6.45, 7) is 3.84. The Morgan fingerprint density at radius 3 is 2.67 bits per heavy atom. The van der Waals surface area contributed by atoms with Crippen molar-refractivity contribution < 1.29 is 9.53 Å². The molecule has 0 aliphatic rings. The molecule has 0 saturated carbocycles. The first-order chi connectivity index (χ1) is 8.66. The quantitative estimate of drug-likeness (QED) is 0.767. The van der Waals surface area contributed by atoms with E-state index >= 15 is 0 Å². The fourth-order valence-electron chi connectivity index (χ4n) is 1.47. The molecule has 0 unspecified atom stereocenters. The van der Waals surface area contributed by atoms with Crippen LogP contribution in [0.15, 0.2) is 36.9 Å². The number of hydrogen-bond acceptors (Lipinski definition) is 5. The maximum Gasteiger partial charge on any atom is 0.196 e. The first-order valence-corrected chi connectivity index (χ1v) is 5.60. The van der Waals surface area contributed by atoms with E-state index in [4.69, 9.17) is 4.74 Å². The smallest absolute Gasteiger partial charge is 0.196 e. The van der Waals surface area contributed by atoms with Crippen LogP contribution in [0.2, 0.25) is 0 Å². The molecule has 0 radical (unpaired) electrons. The summed E-state index contributed by atoms with van der Waals surface area (Å²) in [6, 6.07) is 3.29. The molecule has 0 spiro atoms. The zero-order valence-corrected chi connectivity index (χ0v) is 10.2. The molecule has 5 nitrogen and oxygen atoms in total. The molecule has 0 aliphatic heterocycles. The molecule has 92 valence electrons. The van der Waals surface area contributed by atoms with Crippen LogP contribution < -0.4 is 4.74 Å². The highest BCUT2D eigenvalue weighted by molar-refractivity contribution is 6.08. The van der Waals surface area contributed by atoms with E-state index in [9.17, 15) is 4.79 Å². The SMILES string of the molecule is CC(C)Oc1cncc(C(=O)c2ccnnc2)c1. The highest BCUT2D eigenvalue weighted by Crippen LogP contribution is 2.15. The maximum absolute atomic E-state index is 12.1. The van der Waals surface area contributed by atoms with Crippen molar-refractivity contribution in [1.29, 1.82) is 0 Å². The highest BCUT2D eigenvalue weighted by atomic mass is 16.5. The van der Waals surface area contributed by atoms with Gasteiger partial charge in [0.1, 0.15) is 5.75 Å². The largest absolute Gasteiger partial charge is 0.489 e. The summed E-state index contributed by atoms with van der Waals surface area (Å²) in [4.78, 5) is 16.1. The lowest BCUT2D eigenvalue weighted by atomic mass is 10.1. The lowest BCUT2D eigenvalue weighted by Crippen LogP contribution is -2.08. The van der Waals surface area contributed by atoms with E-state index in [0.717, 1.165) is 0 Å². The van der Waals surface area contributed by atoms with E-state index in [1.165, 1.54) is 18.6 Å². The van der Waals surface area contributed by atoms with Crippen LogP contribution in [-0.4, -0.2) is 27.1 Å². The van der Waals surface area contributed by atoms with Gasteiger partial charge in [0, 0.05) is 17.3 Å². The van der Waals surface area contributed by atoms with Crippen molar-refractivity contribution in [2.45, 2.75) is 20.0 Å². The predicted molar refractivity (Wildman–Crippen MR) is 65.5 cm³/mol. The Kier molecular flexibility index (Phi) is 3.62. The van der Waals surface area contributed by atoms with Gasteiger partial charge in [0.25, 0.3) is 0 Å². The minimum absolute atomic E-state index is 0.0414. The number of ether oxygens (including phenoxy) is 1. The second-order valence-corrected chi connectivity index (χ2v) is 4.04. The Hall–Kier alpha value is -2.30. The summed E-state index contributed by atoms with van der Waals surface area (Å²) >= 11 is 0. The molecule has 0 amide bonds. The van der Waals surface area contributed by atoms with Crippen molar-refractivity contribution in [1.82, 2.24) is 15.2 Å². The average molecular weight is 243 g/mol. The average Bonchev–Trinajstić information content (AvgIpc) is 2.38. The Labute approximate surface area is 105 Å². The van der Waals surface area contributed by atoms with E-state index in [-0.39, 0.29) is 11.9 Å². The van der Waals surface area contributed by atoms with Crippen molar-refractivity contribution in [2.75, 3.05) is 0 Å². The van der Waals surface area contributed by atoms with Gasteiger partial charge < -0.3 is 4.74 Å². The summed E-state index contributed by atoms with van der Waals surface area (Å²) in [7, 11) is 0. The van der Waals surface area contributed by atoms with Crippen molar-refractivity contribution in [3.8, 4) is 5.75 Å². The Balaban J connectivity index is 2.26. The first-order valence-electron chi connectivity index (χ1n) is 5.60. The van der Waals surface area contributed by atoms with E-state index in [0.29, 0.717) is 16.9 Å². The van der Waals surface area contributed by atoms with Gasteiger partial charge >= 0.3 is 0 Å². The third kappa shape index (κ3) is 2.88. The van der Waals surface area contributed by atoms with E-state index < -0.39 is 0 Å². The fourth-order valence-corrected chi connectivity index (χ4v) is 1.47. The van der Waals surface area contributed by atoms with Crippen LogP contribution in [0.1, 0.15) is 29.8 Å². The van der Waals surface area contributed by atoms with Crippen LogP contribution in [0.25, 0.3) is 0 Å². The van der Waals surface area contributed by atoms with Crippen molar-refractivity contribution in [3.63, 3.8) is 0 Å². The number of carbonyl (C=O) groups excluding carboxylic acids is 1. The van der Waals surface area contributed by atoms with Crippen LogP contribution in [0.5, 0.6) is 5.75 Å². The summed E-state index contributed by atoms with van der Waals surface area (Å²) in [5.74, 6) is 0.435. The van der Waals surface area contributed by atoms with Crippen molar-refractivity contribution in [3.05, 3.63) is 48.0 Å². The molecule has 0 saturated heterocycles. The van der Waals surface area contributed by atoms with Crippen LogP contribution in [-0.2, 0) is 0 Å². The maximum atomic E-state index is 12.1. The third-order valence-corrected chi connectivity index (χ3v) is 2.19. The molecule has 0 atom stereocenters. The molecule has 2 rings (SSSR count). The fraction of sp³-hybridized carbons (Fsp3) is 0.231. The Morgan fingerprint density at radius 2 is 2.00 bits per heavy atom. The molecule has 0 aromatic carbocycles. The van der Waals surface area contributed by atoms with E-state index in [2.05, 4.69) is 15.2 Å². The molecule has 2 heterocycles. The van der Waals surface area contributed by atoms with Gasteiger partial charge in [-0.3, -0.25) is 9.78 Å². The van der Waals surface area contributed by atoms with Gasteiger partial charge in [-0.05, 0) is 26.0 Å². The van der Waals surface area contributed by atoms with Gasteiger partial charge in [0.05, 0.1) is 24.7 Å². The molecule has 0 fully saturated rings. The minimum atomic E-state index is -0.147. The number of hydrogen-bond donors (Lipinski definition) is 0. The van der Waals surface area contributed by atoms with Gasteiger partial charge in [-0.1, -0.05) is 0 Å². The standard InChI is InChI=1S/C13H13N3O2/c1-9(2)18-12-5-11(6-14-8-12)13(17)10-3-4-15-16-7-10/h3-9H,1-2H3. The van der Waals surface area contributed by atoms with Crippen molar-refractivity contribution >= 4 is 5.78 Å². The van der Waals surface area contributed by atoms with Crippen molar-refractivity contribution in [2.24, 2.45) is 0 Å².